The summed E-state index contributed by atoms with van der Waals surface area (Å²) in [6, 6.07) is 10.6. The Morgan fingerprint density at radius 3 is 2.62 bits per heavy atom. The summed E-state index contributed by atoms with van der Waals surface area (Å²) in [6.45, 7) is 3.95. The van der Waals surface area contributed by atoms with E-state index >= 15 is 0 Å². The average molecular weight is 329 g/mol. The van der Waals surface area contributed by atoms with Gasteiger partial charge in [-0.2, -0.15) is 0 Å². The van der Waals surface area contributed by atoms with Crippen LogP contribution in [0.25, 0.3) is 0 Å². The maximum atomic E-state index is 12.3. The summed E-state index contributed by atoms with van der Waals surface area (Å²) in [5.74, 6) is -1.43. The van der Waals surface area contributed by atoms with Gasteiger partial charge in [0.15, 0.2) is 0 Å². The number of carboxylic acids is 1. The third-order valence-electron chi connectivity index (χ3n) is 3.49. The highest BCUT2D eigenvalue weighted by atomic mass is 16.5. The molecule has 6 heteroatoms. The van der Waals surface area contributed by atoms with E-state index in [-0.39, 0.29) is 23.1 Å². The van der Waals surface area contributed by atoms with Gasteiger partial charge in [0.2, 0.25) is 0 Å². The molecule has 6 nitrogen and oxygen atoms in total. The minimum atomic E-state index is -1.27. The summed E-state index contributed by atoms with van der Waals surface area (Å²) < 4.78 is 5.68. The molecular weight excluding hydrogens is 310 g/mol. The van der Waals surface area contributed by atoms with Gasteiger partial charge < -0.3 is 20.3 Å². The van der Waals surface area contributed by atoms with Gasteiger partial charge in [-0.05, 0) is 49.7 Å². The molecule has 0 radical (unpaired) electrons. The van der Waals surface area contributed by atoms with Crippen LogP contribution in [-0.4, -0.2) is 28.2 Å². The number of carboxylic acid groups (broad SMARTS) is 1. The van der Waals surface area contributed by atoms with Crippen LogP contribution in [0.1, 0.15) is 41.0 Å². The Kier molecular flexibility index (Phi) is 5.42. The monoisotopic (exact) mass is 329 g/mol. The maximum Gasteiger partial charge on any atom is 0.339 e. The molecule has 1 atom stereocenters. The van der Waals surface area contributed by atoms with Crippen LogP contribution in [0.4, 0.5) is 5.69 Å². The second-order valence-corrected chi connectivity index (χ2v) is 5.36. The molecule has 0 aromatic heterocycles. The zero-order valence-corrected chi connectivity index (χ0v) is 13.4. The lowest BCUT2D eigenvalue weighted by atomic mass is 10.1. The van der Waals surface area contributed by atoms with Crippen molar-refractivity contribution in [2.24, 2.45) is 0 Å². The van der Waals surface area contributed by atoms with Crippen LogP contribution in [0.15, 0.2) is 42.5 Å². The van der Waals surface area contributed by atoms with Gasteiger partial charge in [-0.3, -0.25) is 4.79 Å². The number of nitrogens with one attached hydrogen (secondary N) is 1. The van der Waals surface area contributed by atoms with E-state index in [0.717, 1.165) is 6.42 Å². The van der Waals surface area contributed by atoms with Crippen molar-refractivity contribution in [3.63, 3.8) is 0 Å². The highest BCUT2D eigenvalue weighted by Crippen LogP contribution is 2.22. The summed E-state index contributed by atoms with van der Waals surface area (Å²) >= 11 is 0. The fraction of sp³-hybridized carbons (Fsp3) is 0.222. The molecule has 3 N–H and O–H groups in total. The molecule has 0 aliphatic heterocycles. The number of carbonyl (C=O) groups is 2. The first kappa shape index (κ1) is 17.3. The van der Waals surface area contributed by atoms with E-state index in [4.69, 9.17) is 9.84 Å². The number of hydrogen-bond acceptors (Lipinski definition) is 4. The first-order valence-electron chi connectivity index (χ1n) is 7.55. The van der Waals surface area contributed by atoms with Crippen molar-refractivity contribution < 1.29 is 24.5 Å². The van der Waals surface area contributed by atoms with Gasteiger partial charge in [0.05, 0.1) is 6.10 Å². The molecule has 24 heavy (non-hydrogen) atoms. The zero-order valence-electron chi connectivity index (χ0n) is 13.4. The number of aromatic hydroxyl groups is 1. The lowest BCUT2D eigenvalue weighted by molar-refractivity contribution is 0.0693. The molecule has 2 rings (SSSR count). The second kappa shape index (κ2) is 7.50. The molecule has 0 bridgehead atoms. The van der Waals surface area contributed by atoms with E-state index in [1.807, 2.05) is 13.8 Å². The third-order valence-corrected chi connectivity index (χ3v) is 3.49. The quantitative estimate of drug-likeness (QED) is 0.705. The smallest absolute Gasteiger partial charge is 0.339 e. The van der Waals surface area contributed by atoms with Gasteiger partial charge in [-0.15, -0.1) is 0 Å². The van der Waals surface area contributed by atoms with Gasteiger partial charge in [0.25, 0.3) is 5.91 Å². The fourth-order valence-electron chi connectivity index (χ4n) is 2.01. The van der Waals surface area contributed by atoms with Crippen LogP contribution >= 0.6 is 0 Å². The van der Waals surface area contributed by atoms with Crippen LogP contribution in [-0.2, 0) is 0 Å². The molecule has 2 aromatic rings. The number of hydrogen-bond donors (Lipinski definition) is 3. The molecular formula is C18H19NO5. The van der Waals surface area contributed by atoms with E-state index < -0.39 is 11.9 Å². The topological polar surface area (TPSA) is 95.9 Å². The summed E-state index contributed by atoms with van der Waals surface area (Å²) in [5.41, 5.74) is 0.394. The van der Waals surface area contributed by atoms with E-state index in [1.54, 1.807) is 24.3 Å². The molecule has 0 aliphatic rings. The molecule has 0 aliphatic carbocycles. The standard InChI is InChI=1S/C18H19NO5/c1-3-11(2)24-14-6-4-5-12(9-14)17(21)19-13-7-8-16(20)15(10-13)18(22)23/h4-11,20H,3H2,1-2H3,(H,19,21)(H,22,23). The van der Waals surface area contributed by atoms with Gasteiger partial charge in [0, 0.05) is 11.3 Å². The summed E-state index contributed by atoms with van der Waals surface area (Å²) in [6.07, 6.45) is 0.889. The number of benzene rings is 2. The molecule has 0 heterocycles. The Morgan fingerprint density at radius 2 is 1.96 bits per heavy atom. The number of carbonyl (C=O) groups excluding carboxylic acids is 1. The van der Waals surface area contributed by atoms with Crippen molar-refractivity contribution in [2.45, 2.75) is 26.4 Å². The van der Waals surface area contributed by atoms with Crippen molar-refractivity contribution in [1.29, 1.82) is 0 Å². The molecule has 2 aromatic carbocycles. The lowest BCUT2D eigenvalue weighted by Crippen LogP contribution is -2.14. The Morgan fingerprint density at radius 1 is 1.21 bits per heavy atom. The predicted molar refractivity (Wildman–Crippen MR) is 89.8 cm³/mol. The van der Waals surface area contributed by atoms with Crippen LogP contribution in [0, 0.1) is 0 Å². The second-order valence-electron chi connectivity index (χ2n) is 5.36. The largest absolute Gasteiger partial charge is 0.507 e. The minimum absolute atomic E-state index is 0.0403. The number of anilines is 1. The molecule has 0 spiro atoms. The Labute approximate surface area is 139 Å². The van der Waals surface area contributed by atoms with Crippen LogP contribution in [0.5, 0.6) is 11.5 Å². The Balaban J connectivity index is 2.17. The molecule has 0 fully saturated rings. The summed E-state index contributed by atoms with van der Waals surface area (Å²) in [7, 11) is 0. The molecule has 126 valence electrons. The SMILES string of the molecule is CCC(C)Oc1cccc(C(=O)Nc2ccc(O)c(C(=O)O)c2)c1. The van der Waals surface area contributed by atoms with Crippen LogP contribution in [0.3, 0.4) is 0 Å². The lowest BCUT2D eigenvalue weighted by Gasteiger charge is -2.13. The Bertz CT molecular complexity index is 757. The van der Waals surface area contributed by atoms with Gasteiger partial charge in [-0.1, -0.05) is 13.0 Å². The van der Waals surface area contributed by atoms with Gasteiger partial charge >= 0.3 is 5.97 Å². The van der Waals surface area contributed by atoms with E-state index in [9.17, 15) is 14.7 Å². The molecule has 1 amide bonds. The van der Waals surface area contributed by atoms with Crippen molar-refractivity contribution >= 4 is 17.6 Å². The first-order chi connectivity index (χ1) is 11.4. The van der Waals surface area contributed by atoms with Gasteiger partial charge in [0.1, 0.15) is 17.1 Å². The molecule has 0 saturated carbocycles. The third kappa shape index (κ3) is 4.25. The first-order valence-corrected chi connectivity index (χ1v) is 7.55. The number of amides is 1. The maximum absolute atomic E-state index is 12.3. The number of rotatable bonds is 6. The van der Waals surface area contributed by atoms with E-state index in [1.165, 1.54) is 18.2 Å². The van der Waals surface area contributed by atoms with Crippen molar-refractivity contribution in [3.05, 3.63) is 53.6 Å². The predicted octanol–water partition coefficient (Wildman–Crippen LogP) is 3.52. The summed E-state index contributed by atoms with van der Waals surface area (Å²) in [4.78, 5) is 23.3. The number of ether oxygens (including phenoxy) is 1. The van der Waals surface area contributed by atoms with Crippen molar-refractivity contribution in [1.82, 2.24) is 0 Å². The molecule has 1 unspecified atom stereocenters. The molecule has 0 saturated heterocycles. The van der Waals surface area contributed by atoms with Crippen molar-refractivity contribution in [2.75, 3.05) is 5.32 Å². The number of aromatic carboxylic acids is 1. The van der Waals surface area contributed by atoms with Crippen molar-refractivity contribution in [3.8, 4) is 11.5 Å². The van der Waals surface area contributed by atoms with Gasteiger partial charge in [-0.25, -0.2) is 4.79 Å². The summed E-state index contributed by atoms with van der Waals surface area (Å²) in [5, 5.41) is 21.1. The average Bonchev–Trinajstić information content (AvgIpc) is 2.56. The van der Waals surface area contributed by atoms with E-state index in [2.05, 4.69) is 5.32 Å². The van der Waals surface area contributed by atoms with Crippen LogP contribution in [0.2, 0.25) is 0 Å². The zero-order chi connectivity index (χ0) is 17.7. The van der Waals surface area contributed by atoms with Crippen LogP contribution < -0.4 is 10.1 Å². The number of phenols is 1. The highest BCUT2D eigenvalue weighted by Gasteiger charge is 2.13. The Hall–Kier alpha value is -3.02. The van der Waals surface area contributed by atoms with E-state index in [0.29, 0.717) is 11.3 Å². The normalized spacial score (nSPS) is 11.6. The fourth-order valence-corrected chi connectivity index (χ4v) is 2.01. The highest BCUT2D eigenvalue weighted by molar-refractivity contribution is 6.05. The minimum Gasteiger partial charge on any atom is -0.507 e.